The van der Waals surface area contributed by atoms with Crippen molar-refractivity contribution >= 4 is 23.3 Å². The van der Waals surface area contributed by atoms with Crippen molar-refractivity contribution in [1.82, 2.24) is 4.90 Å². The normalized spacial score (nSPS) is 10.9. The van der Waals surface area contributed by atoms with Crippen molar-refractivity contribution in [3.8, 4) is 11.5 Å². The van der Waals surface area contributed by atoms with Gasteiger partial charge in [0.15, 0.2) is 11.5 Å². The first-order valence-electron chi connectivity index (χ1n) is 7.77. The summed E-state index contributed by atoms with van der Waals surface area (Å²) in [5.41, 5.74) is 0.327. The number of rotatable bonds is 9. The summed E-state index contributed by atoms with van der Waals surface area (Å²) in [6.45, 7) is 1.49. The highest BCUT2D eigenvalue weighted by molar-refractivity contribution is 7.09. The first-order valence-corrected chi connectivity index (χ1v) is 8.65. The second-order valence-corrected chi connectivity index (χ2v) is 6.21. The van der Waals surface area contributed by atoms with E-state index in [4.69, 9.17) is 4.74 Å². The molecular weight excluding hydrogens is 360 g/mol. The van der Waals surface area contributed by atoms with Crippen LogP contribution < -0.4 is 9.47 Å². The molecule has 138 valence electrons. The quantitative estimate of drug-likeness (QED) is 0.473. The van der Waals surface area contributed by atoms with Gasteiger partial charge in [0.2, 0.25) is 5.91 Å². The number of alkyl halides is 2. The smallest absolute Gasteiger partial charge is 0.387 e. The fraction of sp³-hybridized carbons (Fsp3) is 0.211. The van der Waals surface area contributed by atoms with Gasteiger partial charge < -0.3 is 14.4 Å². The molecule has 4 nitrogen and oxygen atoms in total. The maximum atomic E-state index is 12.7. The molecule has 0 spiro atoms. The van der Waals surface area contributed by atoms with E-state index in [9.17, 15) is 13.6 Å². The molecule has 26 heavy (non-hydrogen) atoms. The molecule has 2 aromatic rings. The second-order valence-electron chi connectivity index (χ2n) is 5.18. The average Bonchev–Trinajstić information content (AvgIpc) is 3.12. The number of benzene rings is 1. The van der Waals surface area contributed by atoms with Crippen LogP contribution >= 0.6 is 11.3 Å². The minimum absolute atomic E-state index is 0.109. The Bertz CT molecular complexity index is 760. The van der Waals surface area contributed by atoms with Crippen LogP contribution in [0.4, 0.5) is 8.78 Å². The Labute approximate surface area is 155 Å². The zero-order valence-electron chi connectivity index (χ0n) is 14.2. The largest absolute Gasteiger partial charge is 0.493 e. The topological polar surface area (TPSA) is 38.8 Å². The van der Waals surface area contributed by atoms with E-state index < -0.39 is 6.61 Å². The minimum Gasteiger partial charge on any atom is -0.493 e. The Morgan fingerprint density at radius 3 is 2.77 bits per heavy atom. The highest BCUT2D eigenvalue weighted by Gasteiger charge is 2.15. The van der Waals surface area contributed by atoms with Crippen LogP contribution in [-0.4, -0.2) is 31.1 Å². The first-order chi connectivity index (χ1) is 12.5. The summed E-state index contributed by atoms with van der Waals surface area (Å²) in [6, 6.07) is 8.57. The molecular formula is C19H19F2NO3S. The molecule has 0 bridgehead atoms. The number of hydrogen-bond acceptors (Lipinski definition) is 4. The zero-order chi connectivity index (χ0) is 18.9. The van der Waals surface area contributed by atoms with Crippen molar-refractivity contribution in [2.75, 3.05) is 13.7 Å². The Morgan fingerprint density at radius 2 is 2.15 bits per heavy atom. The van der Waals surface area contributed by atoms with Crippen LogP contribution in [-0.2, 0) is 11.3 Å². The maximum Gasteiger partial charge on any atom is 0.387 e. The van der Waals surface area contributed by atoms with Crippen LogP contribution in [0.1, 0.15) is 10.4 Å². The van der Waals surface area contributed by atoms with Crippen molar-refractivity contribution < 1.29 is 23.0 Å². The summed E-state index contributed by atoms with van der Waals surface area (Å²) in [6.07, 6.45) is 4.40. The van der Waals surface area contributed by atoms with Gasteiger partial charge in [-0.2, -0.15) is 8.78 Å². The number of para-hydroxylation sites is 1. The number of nitrogens with zero attached hydrogens (tertiary/aromatic N) is 1. The van der Waals surface area contributed by atoms with Crippen molar-refractivity contribution in [1.29, 1.82) is 0 Å². The first kappa shape index (κ1) is 19.7. The number of carbonyl (C=O) groups is 1. The molecule has 1 aromatic carbocycles. The molecule has 0 saturated carbocycles. The van der Waals surface area contributed by atoms with E-state index in [1.165, 1.54) is 25.3 Å². The van der Waals surface area contributed by atoms with Gasteiger partial charge in [0.25, 0.3) is 0 Å². The van der Waals surface area contributed by atoms with Crippen LogP contribution in [0, 0.1) is 0 Å². The lowest BCUT2D eigenvalue weighted by Gasteiger charge is -2.18. The lowest BCUT2D eigenvalue weighted by molar-refractivity contribution is -0.126. The van der Waals surface area contributed by atoms with Gasteiger partial charge in [0.1, 0.15) is 0 Å². The van der Waals surface area contributed by atoms with Crippen molar-refractivity contribution in [2.45, 2.75) is 13.2 Å². The van der Waals surface area contributed by atoms with E-state index in [-0.39, 0.29) is 17.4 Å². The summed E-state index contributed by atoms with van der Waals surface area (Å²) >= 11 is 1.55. The SMILES string of the molecule is C=CCN(Cc1cccs1)C(=O)/C=C/c1cccc(OC)c1OC(F)F. The van der Waals surface area contributed by atoms with Crippen LogP contribution in [0.2, 0.25) is 0 Å². The maximum absolute atomic E-state index is 12.7. The van der Waals surface area contributed by atoms with Gasteiger partial charge >= 0.3 is 6.61 Å². The van der Waals surface area contributed by atoms with E-state index >= 15 is 0 Å². The lowest BCUT2D eigenvalue weighted by atomic mass is 10.1. The zero-order valence-corrected chi connectivity index (χ0v) is 15.0. The molecule has 7 heteroatoms. The predicted octanol–water partition coefficient (Wildman–Crippen LogP) is 4.59. The van der Waals surface area contributed by atoms with Gasteiger partial charge in [-0.1, -0.05) is 24.3 Å². The Balaban J connectivity index is 2.20. The van der Waals surface area contributed by atoms with Crippen molar-refractivity contribution in [2.24, 2.45) is 0 Å². The summed E-state index contributed by atoms with van der Waals surface area (Å²) in [7, 11) is 1.36. The molecule has 0 N–H and O–H groups in total. The number of thiophene rings is 1. The summed E-state index contributed by atoms with van der Waals surface area (Å²) in [5, 5.41) is 1.94. The molecule has 0 aliphatic carbocycles. The molecule has 0 radical (unpaired) electrons. The molecule has 0 aliphatic heterocycles. The molecule has 0 saturated heterocycles. The summed E-state index contributed by atoms with van der Waals surface area (Å²) in [4.78, 5) is 15.1. The van der Waals surface area contributed by atoms with Gasteiger partial charge in [0.05, 0.1) is 13.7 Å². The number of ether oxygens (including phenoxy) is 2. The van der Waals surface area contributed by atoms with Crippen LogP contribution in [0.25, 0.3) is 6.08 Å². The van der Waals surface area contributed by atoms with E-state index in [2.05, 4.69) is 11.3 Å². The second kappa shape index (κ2) is 9.72. The molecule has 1 heterocycles. The number of carbonyl (C=O) groups excluding carboxylic acids is 1. The monoisotopic (exact) mass is 379 g/mol. The summed E-state index contributed by atoms with van der Waals surface area (Å²) < 4.78 is 34.9. The van der Waals surface area contributed by atoms with Gasteiger partial charge in [-0.3, -0.25) is 4.79 Å². The number of amides is 1. The lowest BCUT2D eigenvalue weighted by Crippen LogP contribution is -2.28. The van der Waals surface area contributed by atoms with E-state index in [1.54, 1.807) is 34.4 Å². The Hall–Kier alpha value is -2.67. The molecule has 1 aromatic heterocycles. The fourth-order valence-electron chi connectivity index (χ4n) is 2.29. The van der Waals surface area contributed by atoms with Crippen LogP contribution in [0.3, 0.4) is 0 Å². The van der Waals surface area contributed by atoms with Crippen molar-refractivity contribution in [3.05, 3.63) is 64.9 Å². The van der Waals surface area contributed by atoms with Gasteiger partial charge in [-0.25, -0.2) is 0 Å². The number of hydrogen-bond donors (Lipinski definition) is 0. The van der Waals surface area contributed by atoms with E-state index in [1.807, 2.05) is 17.5 Å². The molecule has 0 aliphatic rings. The van der Waals surface area contributed by atoms with Gasteiger partial charge in [-0.05, 0) is 23.6 Å². The molecule has 2 rings (SSSR count). The minimum atomic E-state index is -3.00. The molecule has 0 unspecified atom stereocenters. The molecule has 0 fully saturated rings. The van der Waals surface area contributed by atoms with Crippen LogP contribution in [0.5, 0.6) is 11.5 Å². The molecule has 1 amide bonds. The highest BCUT2D eigenvalue weighted by atomic mass is 32.1. The molecule has 0 atom stereocenters. The predicted molar refractivity (Wildman–Crippen MR) is 98.6 cm³/mol. The van der Waals surface area contributed by atoms with Crippen LogP contribution in [0.15, 0.2) is 54.4 Å². The Kier molecular flexibility index (Phi) is 7.35. The Morgan fingerprint density at radius 1 is 1.35 bits per heavy atom. The van der Waals surface area contributed by atoms with Gasteiger partial charge in [-0.15, -0.1) is 17.9 Å². The standard InChI is InChI=1S/C19H19F2NO3S/c1-3-11-22(13-15-7-5-12-26-15)17(23)10-9-14-6-4-8-16(24-2)18(14)25-19(20)21/h3-10,12,19H,1,11,13H2,2H3/b10-9+. The fourth-order valence-corrected chi connectivity index (χ4v) is 3.00. The third-order valence-corrected chi connectivity index (χ3v) is 4.29. The van der Waals surface area contributed by atoms with E-state index in [0.717, 1.165) is 4.88 Å². The number of methoxy groups -OCH3 is 1. The van der Waals surface area contributed by atoms with Gasteiger partial charge in [0, 0.05) is 23.1 Å². The average molecular weight is 379 g/mol. The third-order valence-electron chi connectivity index (χ3n) is 3.43. The van der Waals surface area contributed by atoms with Crippen molar-refractivity contribution in [3.63, 3.8) is 0 Å². The summed E-state index contributed by atoms with van der Waals surface area (Å²) in [5.74, 6) is -0.201. The third kappa shape index (κ3) is 5.42. The number of halogens is 2. The highest BCUT2D eigenvalue weighted by Crippen LogP contribution is 2.33. The van der Waals surface area contributed by atoms with E-state index in [0.29, 0.717) is 18.7 Å².